The minimum absolute atomic E-state index is 0.0194. The fourth-order valence-corrected chi connectivity index (χ4v) is 5.79. The minimum atomic E-state index is -1.10. The molecule has 2 fully saturated rings. The summed E-state index contributed by atoms with van der Waals surface area (Å²) in [5.74, 6) is -0.891. The van der Waals surface area contributed by atoms with Crippen LogP contribution in [-0.2, 0) is 19.1 Å². The minimum Gasteiger partial charge on any atom is -0.462 e. The highest BCUT2D eigenvalue weighted by Crippen LogP contribution is 2.62. The summed E-state index contributed by atoms with van der Waals surface area (Å²) in [5, 5.41) is 20.1. The summed E-state index contributed by atoms with van der Waals surface area (Å²) >= 11 is 0. The number of rotatable bonds is 3. The number of fused-ring (bicyclic) bond motifs is 1. The number of aliphatic hydroxyl groups is 2. The maximum Gasteiger partial charge on any atom is 0.335 e. The molecule has 2 aliphatic carbocycles. The zero-order valence-electron chi connectivity index (χ0n) is 16.2. The Kier molecular flexibility index (Phi) is 4.72. The van der Waals surface area contributed by atoms with Gasteiger partial charge in [0.15, 0.2) is 6.10 Å². The van der Waals surface area contributed by atoms with Crippen LogP contribution in [0.15, 0.2) is 11.1 Å². The molecule has 0 radical (unpaired) electrons. The van der Waals surface area contributed by atoms with Gasteiger partial charge in [-0.15, -0.1) is 0 Å². The molecule has 1 saturated carbocycles. The lowest BCUT2D eigenvalue weighted by Gasteiger charge is -2.43. The van der Waals surface area contributed by atoms with E-state index in [1.807, 2.05) is 13.8 Å². The second kappa shape index (κ2) is 6.34. The Bertz CT molecular complexity index is 651. The summed E-state index contributed by atoms with van der Waals surface area (Å²) in [6.07, 6.45) is -0.171. The fraction of sp³-hybridized carbons (Fsp3) is 0.800. The number of cyclic esters (lactones) is 1. The fourth-order valence-electron chi connectivity index (χ4n) is 5.79. The van der Waals surface area contributed by atoms with Gasteiger partial charge in [0.1, 0.15) is 12.2 Å². The summed E-state index contributed by atoms with van der Waals surface area (Å²) in [4.78, 5) is 23.5. The van der Waals surface area contributed by atoms with Crippen LogP contribution < -0.4 is 0 Å². The number of carbonyl (C=O) groups excluding carboxylic acids is 2. The lowest BCUT2D eigenvalue weighted by atomic mass is 9.66. The number of ether oxygens (including phenoxy) is 2. The summed E-state index contributed by atoms with van der Waals surface area (Å²) in [6, 6.07) is 0. The first-order chi connectivity index (χ1) is 12.0. The van der Waals surface area contributed by atoms with E-state index in [-0.39, 0.29) is 42.4 Å². The Labute approximate surface area is 154 Å². The first kappa shape index (κ1) is 19.4. The molecular formula is C20H30O6. The van der Waals surface area contributed by atoms with E-state index in [9.17, 15) is 19.8 Å². The van der Waals surface area contributed by atoms with Crippen molar-refractivity contribution in [3.63, 3.8) is 0 Å². The third kappa shape index (κ3) is 2.97. The van der Waals surface area contributed by atoms with E-state index in [1.54, 1.807) is 0 Å². The lowest BCUT2D eigenvalue weighted by molar-refractivity contribution is -0.151. The van der Waals surface area contributed by atoms with Crippen molar-refractivity contribution < 1.29 is 29.3 Å². The molecule has 0 aromatic heterocycles. The van der Waals surface area contributed by atoms with E-state index in [0.717, 1.165) is 17.6 Å². The highest BCUT2D eigenvalue weighted by Gasteiger charge is 2.59. The zero-order valence-corrected chi connectivity index (χ0v) is 16.2. The van der Waals surface area contributed by atoms with E-state index in [4.69, 9.17) is 9.47 Å². The van der Waals surface area contributed by atoms with Gasteiger partial charge in [0.25, 0.3) is 0 Å². The molecule has 0 aromatic carbocycles. The molecule has 1 aliphatic heterocycles. The van der Waals surface area contributed by atoms with Crippen LogP contribution in [0.3, 0.4) is 0 Å². The Morgan fingerprint density at radius 2 is 1.96 bits per heavy atom. The van der Waals surface area contributed by atoms with E-state index in [1.165, 1.54) is 6.92 Å². The maximum atomic E-state index is 11.8. The Hall–Kier alpha value is -1.40. The Morgan fingerprint density at radius 1 is 1.31 bits per heavy atom. The van der Waals surface area contributed by atoms with Gasteiger partial charge in [0.05, 0.1) is 6.61 Å². The van der Waals surface area contributed by atoms with Gasteiger partial charge in [-0.2, -0.15) is 0 Å². The molecule has 6 unspecified atom stereocenters. The van der Waals surface area contributed by atoms with Gasteiger partial charge >= 0.3 is 11.9 Å². The number of hydrogen-bond donors (Lipinski definition) is 2. The average molecular weight is 366 g/mol. The van der Waals surface area contributed by atoms with Crippen molar-refractivity contribution in [1.82, 2.24) is 0 Å². The summed E-state index contributed by atoms with van der Waals surface area (Å²) in [6.45, 7) is 9.74. The first-order valence-corrected chi connectivity index (χ1v) is 9.41. The van der Waals surface area contributed by atoms with Crippen LogP contribution in [0, 0.1) is 22.7 Å². The second-order valence-electron chi connectivity index (χ2n) is 9.19. The molecule has 0 spiro atoms. The smallest absolute Gasteiger partial charge is 0.335 e. The molecule has 1 saturated heterocycles. The SMILES string of the molecule is CC(=O)OC1CC(C)C(C2CC(O)C(=O)O2)=C2C1C(C)(C)CC2(C)CO. The molecule has 146 valence electrons. The van der Waals surface area contributed by atoms with E-state index < -0.39 is 23.6 Å². The van der Waals surface area contributed by atoms with Crippen molar-refractivity contribution in [3.05, 3.63) is 11.1 Å². The Balaban J connectivity index is 2.14. The highest BCUT2D eigenvalue weighted by atomic mass is 16.6. The van der Waals surface area contributed by atoms with Crippen LogP contribution in [0.5, 0.6) is 0 Å². The van der Waals surface area contributed by atoms with Gasteiger partial charge in [-0.3, -0.25) is 4.79 Å². The summed E-state index contributed by atoms with van der Waals surface area (Å²) < 4.78 is 11.2. The van der Waals surface area contributed by atoms with Crippen molar-refractivity contribution in [2.75, 3.05) is 6.61 Å². The number of aliphatic hydroxyl groups excluding tert-OH is 2. The standard InChI is InChI=1S/C20H30O6/c1-10-6-14(25-11(2)22)16-17(20(5,9-21)8-19(16,3)4)15(10)13-7-12(23)18(24)26-13/h10,12-14,16,21,23H,6-9H2,1-5H3. The van der Waals surface area contributed by atoms with Crippen LogP contribution >= 0.6 is 0 Å². The van der Waals surface area contributed by atoms with Crippen LogP contribution in [0.25, 0.3) is 0 Å². The van der Waals surface area contributed by atoms with Crippen molar-refractivity contribution in [1.29, 1.82) is 0 Å². The maximum absolute atomic E-state index is 11.8. The molecule has 0 aromatic rings. The summed E-state index contributed by atoms with van der Waals surface area (Å²) in [7, 11) is 0. The van der Waals surface area contributed by atoms with Gasteiger partial charge in [0.2, 0.25) is 0 Å². The van der Waals surface area contributed by atoms with E-state index in [2.05, 4.69) is 13.8 Å². The molecule has 3 rings (SSSR count). The molecule has 0 amide bonds. The number of esters is 2. The average Bonchev–Trinajstić information content (AvgIpc) is 2.94. The number of carbonyl (C=O) groups is 2. The second-order valence-corrected chi connectivity index (χ2v) is 9.19. The molecule has 2 N–H and O–H groups in total. The van der Waals surface area contributed by atoms with E-state index in [0.29, 0.717) is 6.42 Å². The lowest BCUT2D eigenvalue weighted by Crippen LogP contribution is -2.42. The third-order valence-corrected chi connectivity index (χ3v) is 6.43. The first-order valence-electron chi connectivity index (χ1n) is 9.41. The largest absolute Gasteiger partial charge is 0.462 e. The molecule has 6 nitrogen and oxygen atoms in total. The quantitative estimate of drug-likeness (QED) is 0.586. The van der Waals surface area contributed by atoms with Crippen LogP contribution in [0.1, 0.15) is 53.9 Å². The van der Waals surface area contributed by atoms with Gasteiger partial charge < -0.3 is 19.7 Å². The van der Waals surface area contributed by atoms with E-state index >= 15 is 0 Å². The Morgan fingerprint density at radius 3 is 2.46 bits per heavy atom. The van der Waals surface area contributed by atoms with Gasteiger partial charge in [-0.05, 0) is 29.7 Å². The topological polar surface area (TPSA) is 93.1 Å². The third-order valence-electron chi connectivity index (χ3n) is 6.43. The molecule has 1 heterocycles. The van der Waals surface area contributed by atoms with Crippen LogP contribution in [0.2, 0.25) is 0 Å². The molecule has 0 bridgehead atoms. The van der Waals surface area contributed by atoms with Gasteiger partial charge in [0, 0.05) is 24.7 Å². The molecule has 26 heavy (non-hydrogen) atoms. The van der Waals surface area contributed by atoms with Gasteiger partial charge in [-0.25, -0.2) is 4.79 Å². The predicted octanol–water partition coefficient (Wildman–Crippen LogP) is 1.98. The van der Waals surface area contributed by atoms with Crippen LogP contribution in [-0.4, -0.2) is 47.1 Å². The molecule has 3 aliphatic rings. The van der Waals surface area contributed by atoms with Crippen molar-refractivity contribution in [2.24, 2.45) is 22.7 Å². The number of hydrogen-bond acceptors (Lipinski definition) is 6. The predicted molar refractivity (Wildman–Crippen MR) is 93.9 cm³/mol. The summed E-state index contributed by atoms with van der Waals surface area (Å²) in [5.41, 5.74) is 1.43. The highest BCUT2D eigenvalue weighted by molar-refractivity contribution is 5.77. The molecule has 6 atom stereocenters. The molecule has 6 heteroatoms. The van der Waals surface area contributed by atoms with Gasteiger partial charge in [-0.1, -0.05) is 33.3 Å². The normalized spacial score (nSPS) is 41.8. The monoisotopic (exact) mass is 366 g/mol. The van der Waals surface area contributed by atoms with Crippen molar-refractivity contribution >= 4 is 11.9 Å². The van der Waals surface area contributed by atoms with Crippen molar-refractivity contribution in [2.45, 2.75) is 72.2 Å². The van der Waals surface area contributed by atoms with Crippen LogP contribution in [0.4, 0.5) is 0 Å². The van der Waals surface area contributed by atoms with Crippen molar-refractivity contribution in [3.8, 4) is 0 Å². The zero-order chi connectivity index (χ0) is 19.4. The molecular weight excluding hydrogens is 336 g/mol.